The lowest BCUT2D eigenvalue weighted by atomic mass is 10.1. The Balaban J connectivity index is 1.47. The van der Waals surface area contributed by atoms with E-state index < -0.39 is 0 Å². The highest BCUT2D eigenvalue weighted by atomic mass is 32.1. The van der Waals surface area contributed by atoms with Crippen molar-refractivity contribution in [3.63, 3.8) is 0 Å². The molecule has 1 saturated heterocycles. The van der Waals surface area contributed by atoms with E-state index in [1.807, 2.05) is 46.1 Å². The predicted octanol–water partition coefficient (Wildman–Crippen LogP) is 3.84. The Morgan fingerprint density at radius 1 is 1.25 bits per heavy atom. The SMILES string of the molecule is O=C(Cc1cnn(-c2ccccc2)c1)N1CCC[C@H]1c1ccsc1. The van der Waals surface area contributed by atoms with Crippen molar-refractivity contribution in [1.29, 1.82) is 0 Å². The average Bonchev–Trinajstić information content (AvgIpc) is 3.36. The standard InChI is InChI=1S/C19H19N3OS/c23-19(21-9-4-7-18(21)16-8-10-24-14-16)11-15-12-20-22(13-15)17-5-2-1-3-6-17/h1-3,5-6,8,10,12-14,18H,4,7,9,11H2/t18-/m0/s1. The summed E-state index contributed by atoms with van der Waals surface area (Å²) in [5.74, 6) is 0.191. The van der Waals surface area contributed by atoms with E-state index in [1.165, 1.54) is 5.56 Å². The quantitative estimate of drug-likeness (QED) is 0.725. The van der Waals surface area contributed by atoms with Gasteiger partial charge >= 0.3 is 0 Å². The molecule has 122 valence electrons. The second kappa shape index (κ2) is 6.61. The van der Waals surface area contributed by atoms with Crippen LogP contribution in [0.25, 0.3) is 5.69 Å². The topological polar surface area (TPSA) is 38.1 Å². The summed E-state index contributed by atoms with van der Waals surface area (Å²) in [7, 11) is 0. The number of carbonyl (C=O) groups is 1. The molecule has 0 unspecified atom stereocenters. The van der Waals surface area contributed by atoms with E-state index in [4.69, 9.17) is 0 Å². The number of rotatable bonds is 4. The molecule has 0 saturated carbocycles. The molecule has 0 aliphatic carbocycles. The summed E-state index contributed by atoms with van der Waals surface area (Å²) in [4.78, 5) is 14.8. The number of aromatic nitrogens is 2. The van der Waals surface area contributed by atoms with E-state index in [-0.39, 0.29) is 11.9 Å². The zero-order chi connectivity index (χ0) is 16.4. The van der Waals surface area contributed by atoms with E-state index in [2.05, 4.69) is 21.9 Å². The fraction of sp³-hybridized carbons (Fsp3) is 0.263. The molecule has 4 nitrogen and oxygen atoms in total. The number of hydrogen-bond donors (Lipinski definition) is 0. The number of para-hydroxylation sites is 1. The highest BCUT2D eigenvalue weighted by Gasteiger charge is 2.30. The first-order chi connectivity index (χ1) is 11.8. The summed E-state index contributed by atoms with van der Waals surface area (Å²) in [6.07, 6.45) is 6.29. The third kappa shape index (κ3) is 2.99. The van der Waals surface area contributed by atoms with Gasteiger partial charge in [-0.05, 0) is 52.9 Å². The van der Waals surface area contributed by atoms with Gasteiger partial charge in [0.2, 0.25) is 5.91 Å². The molecule has 1 fully saturated rings. The molecule has 4 rings (SSSR count). The van der Waals surface area contributed by atoms with Crippen LogP contribution in [0.1, 0.15) is 30.0 Å². The van der Waals surface area contributed by atoms with Crippen LogP contribution >= 0.6 is 11.3 Å². The second-order valence-corrected chi connectivity index (χ2v) is 6.89. The number of benzene rings is 1. The number of carbonyl (C=O) groups excluding carboxylic acids is 1. The number of hydrogen-bond acceptors (Lipinski definition) is 3. The minimum atomic E-state index is 0.191. The Hall–Kier alpha value is -2.40. The predicted molar refractivity (Wildman–Crippen MR) is 95.3 cm³/mol. The highest BCUT2D eigenvalue weighted by Crippen LogP contribution is 2.33. The summed E-state index contributed by atoms with van der Waals surface area (Å²) < 4.78 is 1.82. The molecule has 0 N–H and O–H groups in total. The lowest BCUT2D eigenvalue weighted by Crippen LogP contribution is -2.31. The zero-order valence-corrected chi connectivity index (χ0v) is 14.2. The fourth-order valence-electron chi connectivity index (χ4n) is 3.33. The number of likely N-dealkylation sites (tertiary alicyclic amines) is 1. The van der Waals surface area contributed by atoms with Gasteiger partial charge in [0, 0.05) is 12.7 Å². The fourth-order valence-corrected chi connectivity index (χ4v) is 4.03. The monoisotopic (exact) mass is 337 g/mol. The molecule has 1 aliphatic rings. The van der Waals surface area contributed by atoms with E-state index in [1.54, 1.807) is 17.5 Å². The van der Waals surface area contributed by atoms with E-state index in [9.17, 15) is 4.79 Å². The maximum absolute atomic E-state index is 12.8. The minimum absolute atomic E-state index is 0.191. The third-order valence-corrected chi connectivity index (χ3v) is 5.21. The van der Waals surface area contributed by atoms with Gasteiger partial charge in [0.05, 0.1) is 24.3 Å². The summed E-state index contributed by atoms with van der Waals surface area (Å²) in [5.41, 5.74) is 3.24. The van der Waals surface area contributed by atoms with Crippen molar-refractivity contribution in [2.45, 2.75) is 25.3 Å². The van der Waals surface area contributed by atoms with Crippen LogP contribution in [0.3, 0.4) is 0 Å². The van der Waals surface area contributed by atoms with Gasteiger partial charge in [0.1, 0.15) is 0 Å². The Morgan fingerprint density at radius 3 is 2.92 bits per heavy atom. The molecule has 1 atom stereocenters. The van der Waals surface area contributed by atoms with Gasteiger partial charge in [-0.15, -0.1) is 0 Å². The molecular weight excluding hydrogens is 318 g/mol. The van der Waals surface area contributed by atoms with Crippen molar-refractivity contribution in [3.8, 4) is 5.69 Å². The zero-order valence-electron chi connectivity index (χ0n) is 13.3. The van der Waals surface area contributed by atoms with Crippen LogP contribution in [0.15, 0.2) is 59.6 Å². The van der Waals surface area contributed by atoms with Gasteiger partial charge in [-0.3, -0.25) is 4.79 Å². The smallest absolute Gasteiger partial charge is 0.227 e. The van der Waals surface area contributed by atoms with Crippen molar-refractivity contribution in [2.75, 3.05) is 6.54 Å². The molecule has 1 amide bonds. The summed E-state index contributed by atoms with van der Waals surface area (Å²) in [5, 5.41) is 8.62. The van der Waals surface area contributed by atoms with Crippen LogP contribution in [0.2, 0.25) is 0 Å². The molecule has 1 aliphatic heterocycles. The third-order valence-electron chi connectivity index (χ3n) is 4.51. The summed E-state index contributed by atoms with van der Waals surface area (Å²) in [6.45, 7) is 0.853. The van der Waals surface area contributed by atoms with Gasteiger partial charge in [0.25, 0.3) is 0 Å². The Kier molecular flexibility index (Phi) is 4.17. The van der Waals surface area contributed by atoms with Crippen LogP contribution in [0, 0.1) is 0 Å². The lowest BCUT2D eigenvalue weighted by molar-refractivity contribution is -0.131. The van der Waals surface area contributed by atoms with Crippen LogP contribution in [-0.4, -0.2) is 27.1 Å². The Labute approximate surface area is 145 Å². The van der Waals surface area contributed by atoms with Crippen molar-refractivity contribution < 1.29 is 4.79 Å². The van der Waals surface area contributed by atoms with Gasteiger partial charge < -0.3 is 4.90 Å². The number of amides is 1. The summed E-state index contributed by atoms with van der Waals surface area (Å²) >= 11 is 1.69. The van der Waals surface area contributed by atoms with Crippen LogP contribution in [0.5, 0.6) is 0 Å². The molecule has 1 aromatic carbocycles. The molecular formula is C19H19N3OS. The lowest BCUT2D eigenvalue weighted by Gasteiger charge is -2.24. The molecule has 0 bridgehead atoms. The molecule has 0 spiro atoms. The molecule has 5 heteroatoms. The molecule has 3 heterocycles. The van der Waals surface area contributed by atoms with Crippen molar-refractivity contribution in [3.05, 3.63) is 70.7 Å². The van der Waals surface area contributed by atoms with Gasteiger partial charge in [-0.2, -0.15) is 16.4 Å². The van der Waals surface area contributed by atoms with Crippen molar-refractivity contribution in [1.82, 2.24) is 14.7 Å². The maximum Gasteiger partial charge on any atom is 0.227 e. The molecule has 0 radical (unpaired) electrons. The Morgan fingerprint density at radius 2 is 2.12 bits per heavy atom. The first-order valence-corrected chi connectivity index (χ1v) is 9.16. The minimum Gasteiger partial charge on any atom is -0.335 e. The van der Waals surface area contributed by atoms with Gasteiger partial charge in [-0.1, -0.05) is 18.2 Å². The van der Waals surface area contributed by atoms with Crippen LogP contribution < -0.4 is 0 Å². The van der Waals surface area contributed by atoms with Crippen molar-refractivity contribution in [2.24, 2.45) is 0 Å². The maximum atomic E-state index is 12.8. The van der Waals surface area contributed by atoms with Gasteiger partial charge in [0.15, 0.2) is 0 Å². The van der Waals surface area contributed by atoms with E-state index >= 15 is 0 Å². The van der Waals surface area contributed by atoms with Crippen LogP contribution in [-0.2, 0) is 11.2 Å². The van der Waals surface area contributed by atoms with Crippen molar-refractivity contribution >= 4 is 17.2 Å². The Bertz CT molecular complexity index is 810. The molecule has 24 heavy (non-hydrogen) atoms. The largest absolute Gasteiger partial charge is 0.335 e. The van der Waals surface area contributed by atoms with E-state index in [0.29, 0.717) is 6.42 Å². The molecule has 2 aromatic heterocycles. The summed E-state index contributed by atoms with van der Waals surface area (Å²) in [6, 6.07) is 12.3. The first kappa shape index (κ1) is 15.1. The van der Waals surface area contributed by atoms with Crippen LogP contribution in [0.4, 0.5) is 0 Å². The normalized spacial score (nSPS) is 17.3. The van der Waals surface area contributed by atoms with E-state index in [0.717, 1.165) is 30.6 Å². The molecule has 3 aromatic rings. The highest BCUT2D eigenvalue weighted by molar-refractivity contribution is 7.07. The average molecular weight is 337 g/mol. The number of thiophene rings is 1. The first-order valence-electron chi connectivity index (χ1n) is 8.22. The second-order valence-electron chi connectivity index (χ2n) is 6.11. The van der Waals surface area contributed by atoms with Gasteiger partial charge in [-0.25, -0.2) is 4.68 Å². The number of nitrogens with zero attached hydrogens (tertiary/aromatic N) is 3.